The molecule has 0 fully saturated rings. The SMILES string of the molecule is CCCCOC(=O)C(CC)C(O)(CC)C(=O)OCCCC. The normalized spacial score (nSPS) is 15.1. The number of esters is 2. The molecule has 0 aromatic carbocycles. The predicted molar refractivity (Wildman–Crippen MR) is 80.8 cm³/mol. The molecule has 2 unspecified atom stereocenters. The molecule has 0 aromatic heterocycles. The average Bonchev–Trinajstić information content (AvgIpc) is 2.48. The minimum absolute atomic E-state index is 0.124. The molecule has 0 aromatic rings. The van der Waals surface area contributed by atoms with Gasteiger partial charge in [-0.05, 0) is 25.7 Å². The first-order chi connectivity index (χ1) is 9.97. The molecule has 21 heavy (non-hydrogen) atoms. The van der Waals surface area contributed by atoms with Gasteiger partial charge in [-0.25, -0.2) is 4.79 Å². The van der Waals surface area contributed by atoms with Crippen molar-refractivity contribution < 1.29 is 24.2 Å². The van der Waals surface area contributed by atoms with Crippen molar-refractivity contribution >= 4 is 11.9 Å². The van der Waals surface area contributed by atoms with Crippen LogP contribution in [-0.4, -0.2) is 35.9 Å². The molecule has 0 rings (SSSR count). The summed E-state index contributed by atoms with van der Waals surface area (Å²) in [5.41, 5.74) is -1.80. The van der Waals surface area contributed by atoms with E-state index in [1.807, 2.05) is 13.8 Å². The van der Waals surface area contributed by atoms with Crippen LogP contribution in [0.15, 0.2) is 0 Å². The molecule has 5 heteroatoms. The topological polar surface area (TPSA) is 72.8 Å². The zero-order valence-corrected chi connectivity index (χ0v) is 13.8. The summed E-state index contributed by atoms with van der Waals surface area (Å²) in [7, 11) is 0. The van der Waals surface area contributed by atoms with Gasteiger partial charge in [0.05, 0.1) is 19.1 Å². The van der Waals surface area contributed by atoms with Crippen molar-refractivity contribution in [2.24, 2.45) is 5.92 Å². The summed E-state index contributed by atoms with van der Waals surface area (Å²) in [4.78, 5) is 24.2. The van der Waals surface area contributed by atoms with Crippen LogP contribution in [0.4, 0.5) is 0 Å². The summed E-state index contributed by atoms with van der Waals surface area (Å²) in [6.07, 6.45) is 3.78. The van der Waals surface area contributed by atoms with Crippen LogP contribution < -0.4 is 0 Å². The molecule has 0 saturated carbocycles. The van der Waals surface area contributed by atoms with Gasteiger partial charge in [0.15, 0.2) is 5.60 Å². The van der Waals surface area contributed by atoms with Crippen molar-refractivity contribution in [2.75, 3.05) is 13.2 Å². The third-order valence-corrected chi connectivity index (χ3v) is 3.63. The minimum atomic E-state index is -1.80. The Labute approximate surface area is 128 Å². The second-order valence-corrected chi connectivity index (χ2v) is 5.25. The van der Waals surface area contributed by atoms with Crippen molar-refractivity contribution in [3.05, 3.63) is 0 Å². The summed E-state index contributed by atoms with van der Waals surface area (Å²) in [5, 5.41) is 10.6. The number of carbonyl (C=O) groups is 2. The number of aliphatic hydroxyl groups is 1. The lowest BCUT2D eigenvalue weighted by atomic mass is 9.83. The minimum Gasteiger partial charge on any atom is -0.465 e. The quantitative estimate of drug-likeness (QED) is 0.469. The van der Waals surface area contributed by atoms with E-state index < -0.39 is 23.5 Å². The summed E-state index contributed by atoms with van der Waals surface area (Å²) < 4.78 is 10.3. The maximum absolute atomic E-state index is 12.1. The largest absolute Gasteiger partial charge is 0.465 e. The predicted octanol–water partition coefficient (Wildman–Crippen LogP) is 2.84. The molecule has 5 nitrogen and oxygen atoms in total. The highest BCUT2D eigenvalue weighted by Gasteiger charge is 2.47. The number of unbranched alkanes of at least 4 members (excludes halogenated alkanes) is 2. The molecule has 0 aliphatic heterocycles. The molecule has 0 bridgehead atoms. The van der Waals surface area contributed by atoms with Crippen LogP contribution in [0.1, 0.15) is 66.2 Å². The summed E-state index contributed by atoms with van der Waals surface area (Å²) in [6.45, 7) is 7.99. The number of carbonyl (C=O) groups excluding carboxylic acids is 2. The lowest BCUT2D eigenvalue weighted by molar-refractivity contribution is -0.182. The Bertz CT molecular complexity index is 316. The first-order valence-electron chi connectivity index (χ1n) is 8.04. The first kappa shape index (κ1) is 19.9. The molecule has 0 heterocycles. The Morgan fingerprint density at radius 3 is 1.95 bits per heavy atom. The Morgan fingerprint density at radius 1 is 1.00 bits per heavy atom. The Balaban J connectivity index is 4.80. The van der Waals surface area contributed by atoms with Gasteiger partial charge in [0, 0.05) is 0 Å². The van der Waals surface area contributed by atoms with Gasteiger partial charge in [0.1, 0.15) is 0 Å². The summed E-state index contributed by atoms with van der Waals surface area (Å²) in [6, 6.07) is 0. The van der Waals surface area contributed by atoms with Crippen LogP contribution in [-0.2, 0) is 19.1 Å². The summed E-state index contributed by atoms with van der Waals surface area (Å²) >= 11 is 0. The summed E-state index contributed by atoms with van der Waals surface area (Å²) in [5.74, 6) is -2.13. The number of hydrogen-bond donors (Lipinski definition) is 1. The van der Waals surface area contributed by atoms with Crippen LogP contribution in [0.25, 0.3) is 0 Å². The fraction of sp³-hybridized carbons (Fsp3) is 0.875. The molecule has 0 aliphatic carbocycles. The van der Waals surface area contributed by atoms with Crippen LogP contribution in [0.5, 0.6) is 0 Å². The third kappa shape index (κ3) is 6.04. The van der Waals surface area contributed by atoms with Gasteiger partial charge >= 0.3 is 11.9 Å². The van der Waals surface area contributed by atoms with E-state index in [0.717, 1.165) is 25.7 Å². The number of hydrogen-bond acceptors (Lipinski definition) is 5. The van der Waals surface area contributed by atoms with Crippen molar-refractivity contribution in [1.29, 1.82) is 0 Å². The van der Waals surface area contributed by atoms with E-state index in [0.29, 0.717) is 13.0 Å². The molecule has 0 amide bonds. The van der Waals surface area contributed by atoms with Gasteiger partial charge < -0.3 is 14.6 Å². The molecule has 124 valence electrons. The van der Waals surface area contributed by atoms with E-state index in [9.17, 15) is 14.7 Å². The van der Waals surface area contributed by atoms with Crippen LogP contribution in [0.2, 0.25) is 0 Å². The Hall–Kier alpha value is -1.10. The van der Waals surface area contributed by atoms with E-state index >= 15 is 0 Å². The highest BCUT2D eigenvalue weighted by molar-refractivity contribution is 5.87. The fourth-order valence-electron chi connectivity index (χ4n) is 2.08. The van der Waals surface area contributed by atoms with Gasteiger partial charge in [0.25, 0.3) is 0 Å². The average molecular weight is 302 g/mol. The lowest BCUT2D eigenvalue weighted by Gasteiger charge is -2.31. The number of rotatable bonds is 11. The van der Waals surface area contributed by atoms with Crippen molar-refractivity contribution in [2.45, 2.75) is 71.8 Å². The maximum Gasteiger partial charge on any atom is 0.339 e. The lowest BCUT2D eigenvalue weighted by Crippen LogP contribution is -2.50. The van der Waals surface area contributed by atoms with E-state index in [-0.39, 0.29) is 13.0 Å². The third-order valence-electron chi connectivity index (χ3n) is 3.63. The van der Waals surface area contributed by atoms with Crippen LogP contribution >= 0.6 is 0 Å². The van der Waals surface area contributed by atoms with Gasteiger partial charge in [-0.3, -0.25) is 4.79 Å². The fourth-order valence-corrected chi connectivity index (χ4v) is 2.08. The smallest absolute Gasteiger partial charge is 0.339 e. The van der Waals surface area contributed by atoms with Gasteiger partial charge in [-0.15, -0.1) is 0 Å². The van der Waals surface area contributed by atoms with Crippen LogP contribution in [0, 0.1) is 5.92 Å². The van der Waals surface area contributed by atoms with Crippen LogP contribution in [0.3, 0.4) is 0 Å². The monoisotopic (exact) mass is 302 g/mol. The molecular weight excluding hydrogens is 272 g/mol. The molecule has 2 atom stereocenters. The Morgan fingerprint density at radius 2 is 1.52 bits per heavy atom. The van der Waals surface area contributed by atoms with Crippen molar-refractivity contribution in [3.8, 4) is 0 Å². The molecule has 0 spiro atoms. The van der Waals surface area contributed by atoms with Crippen molar-refractivity contribution in [1.82, 2.24) is 0 Å². The molecular formula is C16H30O5. The molecule has 0 aliphatic rings. The van der Waals surface area contributed by atoms with Gasteiger partial charge in [0.2, 0.25) is 0 Å². The zero-order valence-electron chi connectivity index (χ0n) is 13.8. The number of ether oxygens (including phenoxy) is 2. The first-order valence-corrected chi connectivity index (χ1v) is 8.04. The molecule has 0 radical (unpaired) electrons. The molecule has 1 N–H and O–H groups in total. The van der Waals surface area contributed by atoms with E-state index in [4.69, 9.17) is 9.47 Å². The maximum atomic E-state index is 12.1. The molecule has 0 saturated heterocycles. The highest BCUT2D eigenvalue weighted by Crippen LogP contribution is 2.28. The van der Waals surface area contributed by atoms with Crippen molar-refractivity contribution in [3.63, 3.8) is 0 Å². The second kappa shape index (κ2) is 10.6. The van der Waals surface area contributed by atoms with E-state index in [1.165, 1.54) is 0 Å². The van der Waals surface area contributed by atoms with Gasteiger partial charge in [-0.1, -0.05) is 40.5 Å². The van der Waals surface area contributed by atoms with E-state index in [1.54, 1.807) is 13.8 Å². The highest BCUT2D eigenvalue weighted by atomic mass is 16.6. The van der Waals surface area contributed by atoms with E-state index in [2.05, 4.69) is 0 Å². The van der Waals surface area contributed by atoms with Gasteiger partial charge in [-0.2, -0.15) is 0 Å². The standard InChI is InChI=1S/C16H30O5/c1-5-9-11-20-14(17)13(7-3)16(19,8-4)15(18)21-12-10-6-2/h13,19H,5-12H2,1-4H3. The second-order valence-electron chi connectivity index (χ2n) is 5.25. The Kier molecular flexibility index (Phi) is 10.0. The zero-order chi connectivity index (χ0) is 16.3.